The molecule has 4 N–H and O–H groups in total. The molecule has 5 rings (SSSR count). The molecule has 134 valence electrons. The van der Waals surface area contributed by atoms with Crippen molar-refractivity contribution >= 4 is 11.8 Å². The predicted octanol–water partition coefficient (Wildman–Crippen LogP) is 1.87. The van der Waals surface area contributed by atoms with Gasteiger partial charge in [0.2, 0.25) is 5.91 Å². The number of aliphatic hydroxyl groups is 1. The molecule has 4 aliphatic rings. The first-order chi connectivity index (χ1) is 11.8. The molecular weight excluding hydrogens is 320 g/mol. The Kier molecular flexibility index (Phi) is 3.76. The van der Waals surface area contributed by atoms with Gasteiger partial charge in [0.1, 0.15) is 5.75 Å². The number of carbonyl (C=O) groups excluding carboxylic acids is 2. The third-order valence-corrected chi connectivity index (χ3v) is 6.11. The van der Waals surface area contributed by atoms with Crippen LogP contribution < -0.4 is 10.9 Å². The quantitative estimate of drug-likeness (QED) is 0.629. The summed E-state index contributed by atoms with van der Waals surface area (Å²) < 4.78 is 0. The summed E-state index contributed by atoms with van der Waals surface area (Å²) in [4.78, 5) is 24.4. The van der Waals surface area contributed by atoms with Crippen LogP contribution in [0.5, 0.6) is 5.75 Å². The third-order valence-electron chi connectivity index (χ3n) is 6.11. The van der Waals surface area contributed by atoms with Crippen molar-refractivity contribution in [3.63, 3.8) is 0 Å². The molecule has 1 aromatic rings. The molecule has 2 atom stereocenters. The molecule has 1 aromatic carbocycles. The van der Waals surface area contributed by atoms with Gasteiger partial charge in [0.25, 0.3) is 5.91 Å². The summed E-state index contributed by atoms with van der Waals surface area (Å²) in [6.45, 7) is 0. The number of carbonyl (C=O) groups is 2. The molecule has 25 heavy (non-hydrogen) atoms. The van der Waals surface area contributed by atoms with Crippen molar-refractivity contribution in [2.75, 3.05) is 0 Å². The highest BCUT2D eigenvalue weighted by molar-refractivity contribution is 5.95. The minimum Gasteiger partial charge on any atom is -0.508 e. The summed E-state index contributed by atoms with van der Waals surface area (Å²) in [5, 5.41) is 20.2. The summed E-state index contributed by atoms with van der Waals surface area (Å²) >= 11 is 0. The highest BCUT2D eigenvalue weighted by Gasteiger charge is 2.57. The Morgan fingerprint density at radius 3 is 2.48 bits per heavy atom. The highest BCUT2D eigenvalue weighted by atomic mass is 16.3. The van der Waals surface area contributed by atoms with Gasteiger partial charge in [-0.15, -0.1) is 0 Å². The molecule has 0 spiro atoms. The molecular formula is C19H24N2O4. The zero-order valence-corrected chi connectivity index (χ0v) is 14.1. The number of hydrazine groups is 1. The van der Waals surface area contributed by atoms with Crippen LogP contribution in [0.1, 0.15) is 55.3 Å². The number of hydrogen-bond donors (Lipinski definition) is 4. The topological polar surface area (TPSA) is 98.7 Å². The van der Waals surface area contributed by atoms with E-state index in [9.17, 15) is 19.8 Å². The number of amides is 2. The molecule has 0 aliphatic heterocycles. The van der Waals surface area contributed by atoms with Crippen LogP contribution in [0.25, 0.3) is 0 Å². The number of phenols is 1. The Morgan fingerprint density at radius 1 is 1.12 bits per heavy atom. The lowest BCUT2D eigenvalue weighted by Crippen LogP contribution is -2.57. The van der Waals surface area contributed by atoms with Crippen molar-refractivity contribution in [1.82, 2.24) is 10.9 Å². The lowest BCUT2D eigenvalue weighted by molar-refractivity contribution is -0.169. The van der Waals surface area contributed by atoms with Gasteiger partial charge in [0.05, 0.1) is 5.60 Å². The number of aromatic hydroxyl groups is 1. The molecule has 4 saturated carbocycles. The number of benzene rings is 1. The zero-order valence-electron chi connectivity index (χ0n) is 14.1. The average Bonchev–Trinajstić information content (AvgIpc) is 2.49. The van der Waals surface area contributed by atoms with E-state index in [-0.39, 0.29) is 22.6 Å². The number of rotatable bonds is 3. The maximum atomic E-state index is 12.4. The predicted molar refractivity (Wildman–Crippen MR) is 90.4 cm³/mol. The minimum absolute atomic E-state index is 0.000729. The number of phenolic OH excluding ortho intramolecular Hbond substituents is 1. The molecule has 6 heteroatoms. The van der Waals surface area contributed by atoms with Gasteiger partial charge in [-0.3, -0.25) is 20.4 Å². The second-order valence-electron chi connectivity index (χ2n) is 8.41. The summed E-state index contributed by atoms with van der Waals surface area (Å²) in [7, 11) is 0. The van der Waals surface area contributed by atoms with E-state index < -0.39 is 11.5 Å². The summed E-state index contributed by atoms with van der Waals surface area (Å²) in [5.41, 5.74) is 4.46. The molecule has 0 saturated heterocycles. The van der Waals surface area contributed by atoms with Crippen molar-refractivity contribution in [3.8, 4) is 5.75 Å². The van der Waals surface area contributed by atoms with Gasteiger partial charge in [0.15, 0.2) is 0 Å². The Hall–Kier alpha value is -2.08. The van der Waals surface area contributed by atoms with Crippen LogP contribution in [-0.4, -0.2) is 27.6 Å². The Bertz CT molecular complexity index is 703. The fourth-order valence-corrected chi connectivity index (χ4v) is 5.84. The van der Waals surface area contributed by atoms with Crippen molar-refractivity contribution in [2.24, 2.45) is 17.3 Å². The molecule has 4 aliphatic carbocycles. The van der Waals surface area contributed by atoms with Crippen molar-refractivity contribution in [1.29, 1.82) is 0 Å². The lowest BCUT2D eigenvalue weighted by atomic mass is 9.47. The van der Waals surface area contributed by atoms with E-state index in [0.29, 0.717) is 24.7 Å². The second kappa shape index (κ2) is 5.73. The fourth-order valence-electron chi connectivity index (χ4n) is 5.84. The monoisotopic (exact) mass is 344 g/mol. The first kappa shape index (κ1) is 16.4. The van der Waals surface area contributed by atoms with Crippen LogP contribution in [0.15, 0.2) is 24.3 Å². The summed E-state index contributed by atoms with van der Waals surface area (Å²) in [6.07, 6.45) is 5.96. The zero-order chi connectivity index (χ0) is 17.7. The van der Waals surface area contributed by atoms with Crippen LogP contribution in [-0.2, 0) is 4.79 Å². The first-order valence-corrected chi connectivity index (χ1v) is 8.95. The van der Waals surface area contributed by atoms with E-state index in [1.807, 2.05) is 0 Å². The van der Waals surface area contributed by atoms with Crippen LogP contribution in [0.2, 0.25) is 0 Å². The smallest absolute Gasteiger partial charge is 0.269 e. The average molecular weight is 344 g/mol. The SMILES string of the molecule is O=C(CC12C[C@H]3C[C@@H](CC(O)(C3)C1)C2)NNC(=O)c1cccc(O)c1. The van der Waals surface area contributed by atoms with Crippen LogP contribution >= 0.6 is 0 Å². The number of hydrogen-bond acceptors (Lipinski definition) is 4. The summed E-state index contributed by atoms with van der Waals surface area (Å²) in [6, 6.07) is 5.96. The molecule has 0 aromatic heterocycles. The lowest BCUT2D eigenvalue weighted by Gasteiger charge is -2.60. The van der Waals surface area contributed by atoms with E-state index in [1.165, 1.54) is 18.6 Å². The molecule has 6 nitrogen and oxygen atoms in total. The van der Waals surface area contributed by atoms with Gasteiger partial charge >= 0.3 is 0 Å². The maximum absolute atomic E-state index is 12.4. The Balaban J connectivity index is 1.36. The largest absolute Gasteiger partial charge is 0.508 e. The van der Waals surface area contributed by atoms with Gasteiger partial charge in [-0.25, -0.2) is 0 Å². The van der Waals surface area contributed by atoms with Gasteiger partial charge in [-0.2, -0.15) is 0 Å². The van der Waals surface area contributed by atoms with E-state index in [4.69, 9.17) is 0 Å². The van der Waals surface area contributed by atoms with Crippen LogP contribution in [0.4, 0.5) is 0 Å². The molecule has 4 bridgehead atoms. The van der Waals surface area contributed by atoms with Crippen LogP contribution in [0, 0.1) is 17.3 Å². The van der Waals surface area contributed by atoms with Gasteiger partial charge in [-0.1, -0.05) is 6.07 Å². The minimum atomic E-state index is -0.588. The van der Waals surface area contributed by atoms with Crippen molar-refractivity contribution in [3.05, 3.63) is 29.8 Å². The van der Waals surface area contributed by atoms with Gasteiger partial charge in [-0.05, 0) is 74.0 Å². The fraction of sp³-hybridized carbons (Fsp3) is 0.579. The normalized spacial score (nSPS) is 35.4. The maximum Gasteiger partial charge on any atom is 0.269 e. The Morgan fingerprint density at radius 2 is 1.84 bits per heavy atom. The third kappa shape index (κ3) is 3.23. The molecule has 0 radical (unpaired) electrons. The van der Waals surface area contributed by atoms with Crippen molar-refractivity contribution in [2.45, 2.75) is 50.5 Å². The van der Waals surface area contributed by atoms with E-state index >= 15 is 0 Å². The van der Waals surface area contributed by atoms with Crippen molar-refractivity contribution < 1.29 is 19.8 Å². The second-order valence-corrected chi connectivity index (χ2v) is 8.41. The number of nitrogens with one attached hydrogen (secondary N) is 2. The summed E-state index contributed by atoms with van der Waals surface area (Å²) in [5.74, 6) is 0.370. The Labute approximate surface area is 146 Å². The first-order valence-electron chi connectivity index (χ1n) is 8.95. The molecule has 0 heterocycles. The highest BCUT2D eigenvalue weighted by Crippen LogP contribution is 2.62. The van der Waals surface area contributed by atoms with E-state index in [2.05, 4.69) is 10.9 Å². The standard InChI is InChI=1S/C19H24N2O4/c22-15-3-1-2-14(5-15)17(24)21-20-16(23)10-18-6-12-4-13(7-18)9-19(25,8-12)11-18/h1-3,5,12-13,22,25H,4,6-11H2,(H,20,23)(H,21,24)/t12-,13-,18?,19?/m1/s1. The van der Waals surface area contributed by atoms with E-state index in [1.54, 1.807) is 12.1 Å². The van der Waals surface area contributed by atoms with Gasteiger partial charge in [0, 0.05) is 12.0 Å². The molecule has 0 unspecified atom stereocenters. The molecule has 4 fully saturated rings. The van der Waals surface area contributed by atoms with E-state index in [0.717, 1.165) is 25.7 Å². The molecule has 2 amide bonds. The van der Waals surface area contributed by atoms with Gasteiger partial charge < -0.3 is 10.2 Å². The van der Waals surface area contributed by atoms with Crippen LogP contribution in [0.3, 0.4) is 0 Å².